The van der Waals surface area contributed by atoms with Crippen molar-refractivity contribution in [1.29, 1.82) is 0 Å². The van der Waals surface area contributed by atoms with Crippen molar-refractivity contribution >= 4 is 27.5 Å². The van der Waals surface area contributed by atoms with E-state index in [-0.39, 0.29) is 12.5 Å². The van der Waals surface area contributed by atoms with Crippen molar-refractivity contribution in [2.24, 2.45) is 0 Å². The Kier molecular flexibility index (Phi) is 6.54. The van der Waals surface area contributed by atoms with Gasteiger partial charge in [0.05, 0.1) is 16.8 Å². The molecule has 0 aliphatic carbocycles. The summed E-state index contributed by atoms with van der Waals surface area (Å²) in [4.78, 5) is 21.5. The third kappa shape index (κ3) is 5.41. The Balaban J connectivity index is 1.23. The number of carbonyl (C=O) groups is 1. The van der Waals surface area contributed by atoms with Crippen molar-refractivity contribution in [3.8, 4) is 0 Å². The minimum atomic E-state index is 0.0725. The van der Waals surface area contributed by atoms with Crippen LogP contribution in [0.1, 0.15) is 22.6 Å². The molecular weight excluding hydrogens is 382 g/mol. The highest BCUT2D eigenvalue weighted by molar-refractivity contribution is 7.18. The number of aromatic nitrogens is 1. The van der Waals surface area contributed by atoms with Crippen LogP contribution in [-0.2, 0) is 22.7 Å². The molecule has 1 aromatic heterocycles. The van der Waals surface area contributed by atoms with Crippen LogP contribution in [0.15, 0.2) is 48.5 Å². The number of aryl methyl sites for hydroxylation is 1. The molecular formula is C23H27N3O2S. The van der Waals surface area contributed by atoms with Crippen molar-refractivity contribution in [3.63, 3.8) is 0 Å². The Hall–Kier alpha value is -2.28. The molecule has 5 nitrogen and oxygen atoms in total. The van der Waals surface area contributed by atoms with Crippen LogP contribution in [0.5, 0.6) is 0 Å². The summed E-state index contributed by atoms with van der Waals surface area (Å²) in [6.07, 6.45) is 0.996. The fourth-order valence-electron chi connectivity index (χ4n) is 3.63. The number of hydrogen-bond acceptors (Lipinski definition) is 5. The molecule has 0 N–H and O–H groups in total. The number of para-hydroxylation sites is 1. The number of thiazole rings is 1. The van der Waals surface area contributed by atoms with Gasteiger partial charge in [-0.15, -0.1) is 11.3 Å². The van der Waals surface area contributed by atoms with E-state index in [0.29, 0.717) is 6.61 Å². The minimum absolute atomic E-state index is 0.0725. The Morgan fingerprint density at radius 3 is 2.72 bits per heavy atom. The topological polar surface area (TPSA) is 45.7 Å². The average molecular weight is 410 g/mol. The molecule has 1 saturated heterocycles. The number of fused-ring (bicyclic) bond motifs is 1. The van der Waals surface area contributed by atoms with Gasteiger partial charge in [0.25, 0.3) is 0 Å². The van der Waals surface area contributed by atoms with Crippen molar-refractivity contribution in [3.05, 3.63) is 64.7 Å². The van der Waals surface area contributed by atoms with E-state index >= 15 is 0 Å². The summed E-state index contributed by atoms with van der Waals surface area (Å²) < 4.78 is 6.83. The van der Waals surface area contributed by atoms with Gasteiger partial charge in [-0.1, -0.05) is 42.0 Å². The minimum Gasteiger partial charge on any atom is -0.364 e. The summed E-state index contributed by atoms with van der Waals surface area (Å²) in [6, 6.07) is 16.8. The van der Waals surface area contributed by atoms with Gasteiger partial charge >= 0.3 is 0 Å². The van der Waals surface area contributed by atoms with Gasteiger partial charge in [0, 0.05) is 32.7 Å². The van der Waals surface area contributed by atoms with Gasteiger partial charge in [0.2, 0.25) is 5.91 Å². The Morgan fingerprint density at radius 1 is 1.07 bits per heavy atom. The second-order valence-corrected chi connectivity index (χ2v) is 8.68. The fourth-order valence-corrected chi connectivity index (χ4v) is 4.53. The maximum absolute atomic E-state index is 12.6. The zero-order valence-corrected chi connectivity index (χ0v) is 17.7. The van der Waals surface area contributed by atoms with Gasteiger partial charge in [0.15, 0.2) is 0 Å². The summed E-state index contributed by atoms with van der Waals surface area (Å²) in [5.41, 5.74) is 3.60. The van der Waals surface area contributed by atoms with Crippen molar-refractivity contribution < 1.29 is 9.53 Å². The van der Waals surface area contributed by atoms with Crippen molar-refractivity contribution in [2.75, 3.05) is 32.8 Å². The second-order valence-electron chi connectivity index (χ2n) is 7.56. The summed E-state index contributed by atoms with van der Waals surface area (Å²) in [7, 11) is 0. The molecule has 1 amide bonds. The maximum atomic E-state index is 12.6. The number of carbonyl (C=O) groups excluding carboxylic acids is 1. The predicted molar refractivity (Wildman–Crippen MR) is 117 cm³/mol. The monoisotopic (exact) mass is 409 g/mol. The number of benzene rings is 2. The first-order valence-corrected chi connectivity index (χ1v) is 11.0. The zero-order valence-electron chi connectivity index (χ0n) is 16.8. The summed E-state index contributed by atoms with van der Waals surface area (Å²) in [5.74, 6) is 0.0725. The van der Waals surface area contributed by atoms with Crippen LogP contribution < -0.4 is 0 Å². The molecule has 0 bridgehead atoms. The first-order chi connectivity index (χ1) is 14.2. The lowest BCUT2D eigenvalue weighted by molar-refractivity contribution is -0.136. The predicted octanol–water partition coefficient (Wildman–Crippen LogP) is 3.86. The fraction of sp³-hybridized carbons (Fsp3) is 0.391. The average Bonchev–Trinajstić information content (AvgIpc) is 3.00. The molecule has 1 aliphatic rings. The highest BCUT2D eigenvalue weighted by Crippen LogP contribution is 2.22. The van der Waals surface area contributed by atoms with Crippen LogP contribution in [0.2, 0.25) is 0 Å². The van der Waals surface area contributed by atoms with E-state index in [4.69, 9.17) is 4.74 Å². The lowest BCUT2D eigenvalue weighted by Crippen LogP contribution is -2.37. The van der Waals surface area contributed by atoms with Gasteiger partial charge in [-0.2, -0.15) is 0 Å². The largest absolute Gasteiger partial charge is 0.364 e. The molecule has 152 valence electrons. The van der Waals surface area contributed by atoms with Gasteiger partial charge in [0.1, 0.15) is 11.6 Å². The van der Waals surface area contributed by atoms with Gasteiger partial charge in [-0.05, 0) is 31.0 Å². The summed E-state index contributed by atoms with van der Waals surface area (Å²) in [5, 5.41) is 0.916. The highest BCUT2D eigenvalue weighted by Gasteiger charge is 2.19. The lowest BCUT2D eigenvalue weighted by atomic mass is 10.1. The van der Waals surface area contributed by atoms with Crippen LogP contribution in [-0.4, -0.2) is 53.5 Å². The second kappa shape index (κ2) is 9.48. The van der Waals surface area contributed by atoms with Crippen LogP contribution in [0.3, 0.4) is 0 Å². The summed E-state index contributed by atoms with van der Waals surface area (Å²) in [6.45, 7) is 7.03. The molecule has 1 aliphatic heterocycles. The quantitative estimate of drug-likeness (QED) is 0.620. The Morgan fingerprint density at radius 2 is 1.90 bits per heavy atom. The number of rotatable bonds is 6. The SMILES string of the molecule is Cc1ccc(CN2CCCN(C(=O)COCc3nc4ccccc4s3)CC2)cc1. The zero-order chi connectivity index (χ0) is 20.1. The van der Waals surface area contributed by atoms with Crippen molar-refractivity contribution in [1.82, 2.24) is 14.8 Å². The number of amides is 1. The molecule has 2 heterocycles. The third-order valence-corrected chi connectivity index (χ3v) is 6.27. The summed E-state index contributed by atoms with van der Waals surface area (Å²) >= 11 is 1.62. The van der Waals surface area contributed by atoms with E-state index < -0.39 is 0 Å². The smallest absolute Gasteiger partial charge is 0.248 e. The van der Waals surface area contributed by atoms with Gasteiger partial charge in [-0.3, -0.25) is 9.69 Å². The third-order valence-electron chi connectivity index (χ3n) is 5.26. The maximum Gasteiger partial charge on any atom is 0.248 e. The molecule has 6 heteroatoms. The standard InChI is InChI=1S/C23H27N3O2S/c1-18-7-9-19(10-8-18)15-25-11-4-12-26(14-13-25)23(27)17-28-16-22-24-20-5-2-3-6-21(20)29-22/h2-3,5-10H,4,11-17H2,1H3. The van der Waals surface area contributed by atoms with E-state index in [1.165, 1.54) is 11.1 Å². The van der Waals surface area contributed by atoms with E-state index in [1.54, 1.807) is 11.3 Å². The van der Waals surface area contributed by atoms with Gasteiger partial charge in [-0.25, -0.2) is 4.98 Å². The number of nitrogens with zero attached hydrogens (tertiary/aromatic N) is 3. The molecule has 1 fully saturated rings. The lowest BCUT2D eigenvalue weighted by Gasteiger charge is -2.22. The number of hydrogen-bond donors (Lipinski definition) is 0. The van der Waals surface area contributed by atoms with Crippen molar-refractivity contribution in [2.45, 2.75) is 26.5 Å². The van der Waals surface area contributed by atoms with Gasteiger partial charge < -0.3 is 9.64 Å². The molecule has 4 rings (SSSR count). The van der Waals surface area contributed by atoms with E-state index in [1.807, 2.05) is 23.1 Å². The van der Waals surface area contributed by atoms with Crippen LogP contribution in [0, 0.1) is 6.92 Å². The molecule has 2 aromatic carbocycles. The Bertz CT molecular complexity index is 921. The molecule has 0 unspecified atom stereocenters. The molecule has 0 radical (unpaired) electrons. The first kappa shape index (κ1) is 20.0. The highest BCUT2D eigenvalue weighted by atomic mass is 32.1. The molecule has 0 atom stereocenters. The van der Waals surface area contributed by atoms with Crippen LogP contribution >= 0.6 is 11.3 Å². The molecule has 0 spiro atoms. The Labute approximate surface area is 175 Å². The molecule has 0 saturated carbocycles. The first-order valence-electron chi connectivity index (χ1n) is 10.2. The number of ether oxygens (including phenoxy) is 1. The van der Waals surface area contributed by atoms with E-state index in [9.17, 15) is 4.79 Å². The molecule has 3 aromatic rings. The van der Waals surface area contributed by atoms with E-state index in [2.05, 4.69) is 47.1 Å². The van der Waals surface area contributed by atoms with Crippen LogP contribution in [0.25, 0.3) is 10.2 Å². The van der Waals surface area contributed by atoms with Crippen LogP contribution in [0.4, 0.5) is 0 Å². The normalized spacial score (nSPS) is 15.6. The van der Waals surface area contributed by atoms with E-state index in [0.717, 1.165) is 54.4 Å². The molecule has 29 heavy (non-hydrogen) atoms.